The number of hydrogen-bond donors (Lipinski definition) is 0. The van der Waals surface area contributed by atoms with Crippen LogP contribution in [-0.4, -0.2) is 0 Å². The molecule has 0 radical (unpaired) electrons. The Hall–Kier alpha value is -3.20. The molecule has 226 valence electrons. The minimum Gasteiger partial charge on any atom is -0.321 e. The Balaban J connectivity index is 0.000000155. The van der Waals surface area contributed by atoms with Crippen LogP contribution < -0.4 is 10.6 Å². The first kappa shape index (κ1) is 31.8. The third-order valence-electron chi connectivity index (χ3n) is 7.61. The van der Waals surface area contributed by atoms with E-state index in [1.165, 1.54) is 0 Å². The molecule has 2 aliphatic heterocycles. The molecule has 0 saturated carbocycles. The van der Waals surface area contributed by atoms with Crippen molar-refractivity contribution in [3.05, 3.63) is 192 Å². The number of benzene rings is 4. The van der Waals surface area contributed by atoms with Gasteiger partial charge in [-0.15, -0.1) is 0 Å². The average molecular weight is 670 g/mol. The molecule has 0 unspecified atom stereocenters. The van der Waals surface area contributed by atoms with Crippen LogP contribution in [0.4, 0.5) is 0 Å². The van der Waals surface area contributed by atoms with E-state index in [9.17, 15) is 0 Å². The van der Waals surface area contributed by atoms with E-state index in [-0.39, 0.29) is 41.5 Å². The second kappa shape index (κ2) is 15.4. The summed E-state index contributed by atoms with van der Waals surface area (Å²) in [5.41, 5.74) is 4.64. The Morgan fingerprint density at radius 1 is 0.356 bits per heavy atom. The summed E-state index contributed by atoms with van der Waals surface area (Å²) in [7, 11) is -2.06. The molecular weight excluding hydrogens is 638 g/mol. The van der Waals surface area contributed by atoms with Crippen molar-refractivity contribution in [3.8, 4) is 0 Å². The van der Waals surface area contributed by atoms with Crippen molar-refractivity contribution >= 4 is 27.4 Å². The van der Waals surface area contributed by atoms with Gasteiger partial charge in [0.25, 0.3) is 0 Å². The average Bonchev–Trinajstić information content (AvgIpc) is 3.93. The monoisotopic (exact) mass is 670 g/mol. The van der Waals surface area contributed by atoms with E-state index in [0.717, 1.165) is 32.9 Å². The Labute approximate surface area is 278 Å². The Bertz CT molecular complexity index is 1460. The molecule has 45 heavy (non-hydrogen) atoms. The van der Waals surface area contributed by atoms with Gasteiger partial charge in [0.1, 0.15) is 24.4 Å². The summed E-state index contributed by atoms with van der Waals surface area (Å²) < 4.78 is 25.2. The molecule has 2 fully saturated rings. The van der Waals surface area contributed by atoms with Gasteiger partial charge in [-0.25, -0.2) is 24.3 Å². The fourth-order valence-electron chi connectivity index (χ4n) is 5.41. The summed E-state index contributed by atoms with van der Waals surface area (Å²) >= 11 is 0. The van der Waals surface area contributed by atoms with E-state index >= 15 is 0 Å². The summed E-state index contributed by atoms with van der Waals surface area (Å²) in [4.78, 5) is 0. The van der Waals surface area contributed by atoms with Gasteiger partial charge >= 0.3 is 17.1 Å². The molecule has 0 aliphatic carbocycles. The molecule has 2 heterocycles. The molecule has 0 N–H and O–H groups in total. The SMILES string of the molecule is [Fe+2].c1ccc([C@H]2OP(c3ccc[cH-]3)O[C@@H]2c2ccccc2)cc1.c1ccc([C@H]2OP(c3ccc[cH-]3)O[C@@H]2c2ccccc2)cc1. The summed E-state index contributed by atoms with van der Waals surface area (Å²) in [5, 5.41) is 2.27. The van der Waals surface area contributed by atoms with Gasteiger partial charge in [0.05, 0.1) is 0 Å². The first-order chi connectivity index (χ1) is 21.8. The van der Waals surface area contributed by atoms with Crippen LogP contribution in [0.25, 0.3) is 0 Å². The van der Waals surface area contributed by atoms with E-state index in [1.54, 1.807) is 0 Å². The largest absolute Gasteiger partial charge is 2.00 e. The van der Waals surface area contributed by atoms with Gasteiger partial charge in [-0.05, 0) is 22.3 Å². The molecule has 8 rings (SSSR count). The molecule has 0 amide bonds. The van der Waals surface area contributed by atoms with Crippen LogP contribution >= 0.6 is 16.8 Å². The van der Waals surface area contributed by atoms with Gasteiger partial charge < -0.3 is 18.1 Å². The van der Waals surface area contributed by atoms with Crippen molar-refractivity contribution in [2.75, 3.05) is 0 Å². The molecule has 6 aromatic carbocycles. The first-order valence-electron chi connectivity index (χ1n) is 14.7. The second-order valence-electron chi connectivity index (χ2n) is 10.5. The predicted octanol–water partition coefficient (Wildman–Crippen LogP) is 9.74. The molecule has 6 aromatic rings. The third kappa shape index (κ3) is 7.45. The molecule has 0 aromatic heterocycles. The smallest absolute Gasteiger partial charge is 0.321 e. The summed E-state index contributed by atoms with van der Waals surface area (Å²) in [6.45, 7) is 0. The van der Waals surface area contributed by atoms with E-state index in [2.05, 4.69) is 72.8 Å². The molecule has 4 atom stereocenters. The fourth-order valence-corrected chi connectivity index (χ4v) is 8.58. The third-order valence-corrected chi connectivity index (χ3v) is 10.7. The molecular formula is C38H32FeO4P2. The number of rotatable bonds is 6. The number of hydrogen-bond acceptors (Lipinski definition) is 4. The zero-order chi connectivity index (χ0) is 29.6. The Morgan fingerprint density at radius 3 is 0.844 bits per heavy atom. The van der Waals surface area contributed by atoms with Crippen LogP contribution in [0, 0.1) is 0 Å². The summed E-state index contributed by atoms with van der Waals surface area (Å²) in [5.74, 6) is 0. The van der Waals surface area contributed by atoms with Crippen LogP contribution in [0.5, 0.6) is 0 Å². The van der Waals surface area contributed by atoms with E-state index in [0.29, 0.717) is 0 Å². The molecule has 2 aliphatic rings. The minimum absolute atomic E-state index is 0. The molecule has 0 spiro atoms. The topological polar surface area (TPSA) is 36.9 Å². The first-order valence-corrected chi connectivity index (χ1v) is 17.1. The second-order valence-corrected chi connectivity index (χ2v) is 13.5. The quantitative estimate of drug-likeness (QED) is 0.101. The van der Waals surface area contributed by atoms with E-state index < -0.39 is 16.8 Å². The van der Waals surface area contributed by atoms with Gasteiger partial charge in [0.2, 0.25) is 0 Å². The van der Waals surface area contributed by atoms with Gasteiger partial charge in [0.15, 0.2) is 16.8 Å². The zero-order valence-electron chi connectivity index (χ0n) is 24.4. The zero-order valence-corrected chi connectivity index (χ0v) is 27.2. The summed E-state index contributed by atoms with van der Waals surface area (Å²) in [6.07, 6.45) is -0.261. The minimum atomic E-state index is -1.03. The van der Waals surface area contributed by atoms with Crippen LogP contribution in [0.15, 0.2) is 170 Å². The van der Waals surface area contributed by atoms with Crippen molar-refractivity contribution in [3.63, 3.8) is 0 Å². The fraction of sp³-hybridized carbons (Fsp3) is 0.105. The standard InChI is InChI=1S/2C19H16O2P.Fe/c2*1-3-9-15(10-4-1)18-19(16-11-5-2-6-12-16)21-22(20-18)17-13-7-8-14-17;/h2*1-14,18-19H;/q2*-1;+2/t2*18-,19-;/m11./s1. The Kier molecular flexibility index (Phi) is 10.9. The maximum Gasteiger partial charge on any atom is 2.00 e. The van der Waals surface area contributed by atoms with Gasteiger partial charge in [0, 0.05) is 0 Å². The predicted molar refractivity (Wildman–Crippen MR) is 178 cm³/mol. The van der Waals surface area contributed by atoms with Crippen molar-refractivity contribution in [2.24, 2.45) is 0 Å². The molecule has 0 bridgehead atoms. The normalized spacial score (nSPS) is 21.5. The van der Waals surface area contributed by atoms with Gasteiger partial charge in [-0.2, -0.15) is 24.3 Å². The maximum absolute atomic E-state index is 6.30. The molecule has 7 heteroatoms. The molecule has 2 saturated heterocycles. The van der Waals surface area contributed by atoms with Gasteiger partial charge in [-0.1, -0.05) is 132 Å². The van der Waals surface area contributed by atoms with E-state index in [4.69, 9.17) is 18.1 Å². The van der Waals surface area contributed by atoms with Crippen molar-refractivity contribution in [2.45, 2.75) is 24.4 Å². The van der Waals surface area contributed by atoms with Crippen molar-refractivity contribution in [1.82, 2.24) is 0 Å². The Morgan fingerprint density at radius 2 is 0.622 bits per heavy atom. The maximum atomic E-state index is 6.30. The van der Waals surface area contributed by atoms with Gasteiger partial charge in [-0.3, -0.25) is 0 Å². The van der Waals surface area contributed by atoms with Crippen LogP contribution in [0.3, 0.4) is 0 Å². The van der Waals surface area contributed by atoms with Crippen LogP contribution in [-0.2, 0) is 35.2 Å². The van der Waals surface area contributed by atoms with Crippen LogP contribution in [0.2, 0.25) is 0 Å². The van der Waals surface area contributed by atoms with Crippen molar-refractivity contribution in [1.29, 1.82) is 0 Å². The van der Waals surface area contributed by atoms with E-state index in [1.807, 2.05) is 97.1 Å². The molecule has 4 nitrogen and oxygen atoms in total. The van der Waals surface area contributed by atoms with Crippen LogP contribution in [0.1, 0.15) is 46.7 Å². The summed E-state index contributed by atoms with van der Waals surface area (Å²) in [6, 6.07) is 57.7. The van der Waals surface area contributed by atoms with Crippen molar-refractivity contribution < 1.29 is 35.2 Å².